The van der Waals surface area contributed by atoms with Crippen molar-refractivity contribution in [2.75, 3.05) is 0 Å². The van der Waals surface area contributed by atoms with Crippen LogP contribution in [0.1, 0.15) is 0 Å². The van der Waals surface area contributed by atoms with E-state index < -0.39 is 0 Å². The molecule has 0 radical (unpaired) electrons. The molecule has 2 aromatic carbocycles. The number of azo groups is 1. The smallest absolute Gasteiger partial charge is 0.150 e. The summed E-state index contributed by atoms with van der Waals surface area (Å²) >= 11 is 0. The maximum atomic E-state index is 13.1. The van der Waals surface area contributed by atoms with E-state index in [1.54, 1.807) is 18.2 Å². The number of nitrogens with zero attached hydrogens (tertiary/aromatic N) is 2. The normalized spacial score (nSPS) is 10.7. The van der Waals surface area contributed by atoms with Crippen LogP contribution < -0.4 is 0 Å². The Kier molecular flexibility index (Phi) is 2.83. The van der Waals surface area contributed by atoms with Gasteiger partial charge in [-0.05, 0) is 24.3 Å². The van der Waals surface area contributed by atoms with E-state index in [0.717, 1.165) is 0 Å². The molecule has 74 valence electrons. The molecule has 0 aliphatic heterocycles. The first kappa shape index (κ1) is 9.52. The van der Waals surface area contributed by atoms with Crippen LogP contribution in [0.3, 0.4) is 0 Å². The summed E-state index contributed by atoms with van der Waals surface area (Å²) < 4.78 is 13.1. The minimum atomic E-state index is -0.364. The number of rotatable bonds is 2. The molecule has 0 amide bonds. The van der Waals surface area contributed by atoms with Crippen molar-refractivity contribution in [2.24, 2.45) is 10.2 Å². The van der Waals surface area contributed by atoms with Crippen LogP contribution in [0, 0.1) is 5.82 Å². The van der Waals surface area contributed by atoms with Gasteiger partial charge in [-0.3, -0.25) is 0 Å². The number of hydrogen-bond donors (Lipinski definition) is 0. The Morgan fingerprint density at radius 2 is 1.40 bits per heavy atom. The molecule has 0 saturated heterocycles. The number of halogens is 1. The van der Waals surface area contributed by atoms with E-state index in [-0.39, 0.29) is 11.5 Å². The molecule has 2 nitrogen and oxygen atoms in total. The molecule has 0 heterocycles. The Hall–Kier alpha value is -2.03. The van der Waals surface area contributed by atoms with Gasteiger partial charge in [-0.1, -0.05) is 30.3 Å². The fourth-order valence-corrected chi connectivity index (χ4v) is 1.14. The average molecular weight is 200 g/mol. The minimum Gasteiger partial charge on any atom is -0.205 e. The molecule has 3 heteroatoms. The van der Waals surface area contributed by atoms with Gasteiger partial charge < -0.3 is 0 Å². The zero-order valence-electron chi connectivity index (χ0n) is 7.97. The highest BCUT2D eigenvalue weighted by Gasteiger charge is 1.96. The molecular weight excluding hydrogens is 191 g/mol. The summed E-state index contributed by atoms with van der Waals surface area (Å²) in [6.07, 6.45) is 0. The molecule has 0 N–H and O–H groups in total. The summed E-state index contributed by atoms with van der Waals surface area (Å²) in [5, 5.41) is 7.75. The van der Waals surface area contributed by atoms with Crippen molar-refractivity contribution >= 4 is 11.4 Å². The Morgan fingerprint density at radius 1 is 0.733 bits per heavy atom. The van der Waals surface area contributed by atoms with E-state index >= 15 is 0 Å². The number of benzene rings is 2. The summed E-state index contributed by atoms with van der Waals surface area (Å²) in [6.45, 7) is 0. The summed E-state index contributed by atoms with van der Waals surface area (Å²) in [7, 11) is 0. The van der Waals surface area contributed by atoms with Gasteiger partial charge in [0.15, 0.2) is 5.82 Å². The molecule has 0 aromatic heterocycles. The molecular formula is C12H9FN2. The van der Waals surface area contributed by atoms with E-state index in [2.05, 4.69) is 10.2 Å². The quantitative estimate of drug-likeness (QED) is 0.648. The first-order valence-corrected chi connectivity index (χ1v) is 4.57. The predicted molar refractivity (Wildman–Crippen MR) is 57.0 cm³/mol. The van der Waals surface area contributed by atoms with Crippen molar-refractivity contribution in [2.45, 2.75) is 0 Å². The Morgan fingerprint density at radius 3 is 2.13 bits per heavy atom. The van der Waals surface area contributed by atoms with E-state index in [0.29, 0.717) is 5.69 Å². The first-order chi connectivity index (χ1) is 7.36. The fourth-order valence-electron chi connectivity index (χ4n) is 1.14. The van der Waals surface area contributed by atoms with E-state index in [9.17, 15) is 4.39 Å². The van der Waals surface area contributed by atoms with Gasteiger partial charge in [0.1, 0.15) is 5.69 Å². The second kappa shape index (κ2) is 4.46. The highest BCUT2D eigenvalue weighted by molar-refractivity contribution is 5.40. The third-order valence-corrected chi connectivity index (χ3v) is 1.88. The van der Waals surface area contributed by atoms with Crippen LogP contribution in [-0.2, 0) is 0 Å². The van der Waals surface area contributed by atoms with Crippen LogP contribution in [-0.4, -0.2) is 0 Å². The molecule has 2 aromatic rings. The van der Waals surface area contributed by atoms with E-state index in [1.165, 1.54) is 6.07 Å². The molecule has 0 spiro atoms. The standard InChI is InChI=1S/C12H9FN2/c13-11-8-4-5-9-12(11)15-14-10-6-2-1-3-7-10/h1-9H/b15-14+. The van der Waals surface area contributed by atoms with Gasteiger partial charge in [0, 0.05) is 0 Å². The molecule has 0 fully saturated rings. The summed E-state index contributed by atoms with van der Waals surface area (Å²) in [6, 6.07) is 15.5. The van der Waals surface area contributed by atoms with Crippen LogP contribution in [0.15, 0.2) is 64.8 Å². The molecule has 0 bridgehead atoms. The zero-order valence-corrected chi connectivity index (χ0v) is 7.97. The average Bonchev–Trinajstić information content (AvgIpc) is 2.29. The number of hydrogen-bond acceptors (Lipinski definition) is 2. The van der Waals surface area contributed by atoms with Gasteiger partial charge >= 0.3 is 0 Å². The third-order valence-electron chi connectivity index (χ3n) is 1.88. The summed E-state index contributed by atoms with van der Waals surface area (Å²) in [4.78, 5) is 0. The lowest BCUT2D eigenvalue weighted by Crippen LogP contribution is -1.71. The lowest BCUT2D eigenvalue weighted by atomic mass is 10.3. The van der Waals surface area contributed by atoms with Crippen LogP contribution in [0.25, 0.3) is 0 Å². The van der Waals surface area contributed by atoms with Crippen LogP contribution in [0.4, 0.5) is 15.8 Å². The maximum absolute atomic E-state index is 13.1. The topological polar surface area (TPSA) is 24.7 Å². The molecule has 2 rings (SSSR count). The highest BCUT2D eigenvalue weighted by Crippen LogP contribution is 2.20. The third kappa shape index (κ3) is 2.47. The molecule has 0 unspecified atom stereocenters. The van der Waals surface area contributed by atoms with Crippen LogP contribution >= 0.6 is 0 Å². The van der Waals surface area contributed by atoms with Crippen molar-refractivity contribution in [1.29, 1.82) is 0 Å². The molecule has 0 saturated carbocycles. The zero-order chi connectivity index (χ0) is 10.5. The largest absolute Gasteiger partial charge is 0.205 e. The summed E-state index contributed by atoms with van der Waals surface area (Å²) in [5.74, 6) is -0.364. The Bertz CT molecular complexity index is 466. The van der Waals surface area contributed by atoms with Crippen molar-refractivity contribution in [3.8, 4) is 0 Å². The molecule has 0 aliphatic carbocycles. The van der Waals surface area contributed by atoms with Crippen molar-refractivity contribution in [3.63, 3.8) is 0 Å². The monoisotopic (exact) mass is 200 g/mol. The van der Waals surface area contributed by atoms with Gasteiger partial charge in [0.2, 0.25) is 0 Å². The van der Waals surface area contributed by atoms with Crippen molar-refractivity contribution in [1.82, 2.24) is 0 Å². The predicted octanol–water partition coefficient (Wildman–Crippen LogP) is 4.24. The second-order valence-corrected chi connectivity index (χ2v) is 2.99. The second-order valence-electron chi connectivity index (χ2n) is 2.99. The van der Waals surface area contributed by atoms with E-state index in [1.807, 2.05) is 30.3 Å². The lowest BCUT2D eigenvalue weighted by Gasteiger charge is -1.93. The van der Waals surface area contributed by atoms with Gasteiger partial charge in [-0.2, -0.15) is 5.11 Å². The SMILES string of the molecule is Fc1ccccc1/N=N/c1ccccc1. The Balaban J connectivity index is 2.23. The molecule has 0 atom stereocenters. The molecule has 0 aliphatic rings. The maximum Gasteiger partial charge on any atom is 0.150 e. The van der Waals surface area contributed by atoms with Crippen molar-refractivity contribution < 1.29 is 4.39 Å². The van der Waals surface area contributed by atoms with Crippen molar-refractivity contribution in [3.05, 3.63) is 60.4 Å². The van der Waals surface area contributed by atoms with Gasteiger partial charge in [0.05, 0.1) is 5.69 Å². The van der Waals surface area contributed by atoms with Gasteiger partial charge in [-0.15, -0.1) is 5.11 Å². The van der Waals surface area contributed by atoms with Crippen LogP contribution in [0.5, 0.6) is 0 Å². The summed E-state index contributed by atoms with van der Waals surface area (Å²) in [5.41, 5.74) is 0.960. The van der Waals surface area contributed by atoms with E-state index in [4.69, 9.17) is 0 Å². The molecule has 15 heavy (non-hydrogen) atoms. The highest BCUT2D eigenvalue weighted by atomic mass is 19.1. The minimum absolute atomic E-state index is 0.251. The Labute approximate surface area is 87.1 Å². The lowest BCUT2D eigenvalue weighted by molar-refractivity contribution is 0.628. The van der Waals surface area contributed by atoms with Gasteiger partial charge in [-0.25, -0.2) is 4.39 Å². The van der Waals surface area contributed by atoms with Crippen LogP contribution in [0.2, 0.25) is 0 Å². The van der Waals surface area contributed by atoms with Gasteiger partial charge in [0.25, 0.3) is 0 Å². The fraction of sp³-hybridized carbons (Fsp3) is 0. The first-order valence-electron chi connectivity index (χ1n) is 4.57.